The molecule has 1 fully saturated rings. The van der Waals surface area contributed by atoms with E-state index in [4.69, 9.17) is 14.5 Å². The van der Waals surface area contributed by atoms with E-state index >= 15 is 0 Å². The average Bonchev–Trinajstić information content (AvgIpc) is 3.97. The van der Waals surface area contributed by atoms with Crippen LogP contribution in [0.3, 0.4) is 0 Å². The van der Waals surface area contributed by atoms with E-state index in [1.165, 1.54) is 7.11 Å². The maximum atomic E-state index is 13.7. The van der Waals surface area contributed by atoms with Crippen molar-refractivity contribution in [3.8, 4) is 28.1 Å². The summed E-state index contributed by atoms with van der Waals surface area (Å²) in [6, 6.07) is 14.1. The molecular weight excluding hydrogens is 683 g/mol. The molecule has 7 rings (SSSR count). The predicted octanol–water partition coefficient (Wildman–Crippen LogP) is 8.17. The van der Waals surface area contributed by atoms with Crippen LogP contribution in [-0.2, 0) is 27.5 Å². The molecule has 2 aliphatic heterocycles. The van der Waals surface area contributed by atoms with E-state index in [1.807, 2.05) is 29.0 Å². The smallest absolute Gasteiger partial charge is 0.407 e. The molecule has 0 unspecified atom stereocenters. The maximum Gasteiger partial charge on any atom is 0.407 e. The van der Waals surface area contributed by atoms with Crippen molar-refractivity contribution < 1.29 is 23.9 Å². The minimum atomic E-state index is -0.648. The molecule has 54 heavy (non-hydrogen) atoms. The van der Waals surface area contributed by atoms with Crippen molar-refractivity contribution in [2.45, 2.75) is 110 Å². The summed E-state index contributed by atoms with van der Waals surface area (Å²) in [6.07, 6.45) is 7.49. The number of nitrogens with one attached hydrogen (secondary N) is 3. The fourth-order valence-corrected chi connectivity index (χ4v) is 7.83. The fraction of sp³-hybridized carbons (Fsp3) is 0.452. The first-order valence-electron chi connectivity index (χ1n) is 19.4. The molecule has 2 aliphatic rings. The average molecular weight is 734 g/mol. The van der Waals surface area contributed by atoms with Gasteiger partial charge in [0.2, 0.25) is 11.8 Å². The number of nitrogens with zero attached hydrogens (tertiary/aromatic N) is 4. The zero-order chi connectivity index (χ0) is 37.9. The highest BCUT2D eigenvalue weighted by molar-refractivity contribution is 6.07. The summed E-state index contributed by atoms with van der Waals surface area (Å²) in [5.74, 6) is 2.38. The number of unbranched alkanes of at least 4 members (excludes halogenated alkanes) is 1. The molecule has 284 valence electrons. The van der Waals surface area contributed by atoms with Crippen molar-refractivity contribution in [2.75, 3.05) is 13.7 Å². The van der Waals surface area contributed by atoms with Crippen molar-refractivity contribution in [3.05, 3.63) is 65.9 Å². The van der Waals surface area contributed by atoms with Crippen molar-refractivity contribution in [1.29, 1.82) is 0 Å². The van der Waals surface area contributed by atoms with Crippen molar-refractivity contribution in [2.24, 2.45) is 0 Å². The van der Waals surface area contributed by atoms with E-state index < -0.39 is 12.1 Å². The SMILES string of the molecule is CCCCC(=O)N(Cc1ncc(-c2ccc3c(c2)COc2cc4c(ccc5nc([C@@H]6CCCN6C(=O)[C@H](CCC)NC(=O)OC)[nH]c54)cc2-3)[nH]1)[C@@H](C)CC. The molecule has 0 spiro atoms. The highest BCUT2D eigenvalue weighted by Crippen LogP contribution is 2.43. The van der Waals surface area contributed by atoms with Crippen molar-refractivity contribution in [1.82, 2.24) is 35.1 Å². The van der Waals surface area contributed by atoms with Crippen LogP contribution in [-0.4, -0.2) is 73.4 Å². The number of imidazole rings is 2. The summed E-state index contributed by atoms with van der Waals surface area (Å²) in [6.45, 7) is 9.79. The molecule has 3 N–H and O–H groups in total. The van der Waals surface area contributed by atoms with Crippen LogP contribution in [0.15, 0.2) is 48.7 Å². The van der Waals surface area contributed by atoms with Crippen LogP contribution >= 0.6 is 0 Å². The van der Waals surface area contributed by atoms with Crippen LogP contribution in [0.4, 0.5) is 4.79 Å². The number of hydrogen-bond donors (Lipinski definition) is 3. The number of benzene rings is 3. The Morgan fingerprint density at radius 1 is 1.07 bits per heavy atom. The molecule has 3 amide bonds. The monoisotopic (exact) mass is 733 g/mol. The van der Waals surface area contributed by atoms with Crippen LogP contribution in [0.5, 0.6) is 5.75 Å². The lowest BCUT2D eigenvalue weighted by molar-refractivity contribution is -0.135. The van der Waals surface area contributed by atoms with E-state index in [-0.39, 0.29) is 23.9 Å². The van der Waals surface area contributed by atoms with E-state index in [1.54, 1.807) is 0 Å². The fourth-order valence-electron chi connectivity index (χ4n) is 7.83. The second-order valence-electron chi connectivity index (χ2n) is 14.6. The van der Waals surface area contributed by atoms with E-state index in [2.05, 4.69) is 77.4 Å². The molecule has 0 saturated carbocycles. The van der Waals surface area contributed by atoms with Crippen LogP contribution in [0, 0.1) is 0 Å². The van der Waals surface area contributed by atoms with Crippen LogP contribution in [0.1, 0.15) is 102 Å². The predicted molar refractivity (Wildman–Crippen MR) is 209 cm³/mol. The molecule has 2 aromatic heterocycles. The minimum Gasteiger partial charge on any atom is -0.488 e. The lowest BCUT2D eigenvalue weighted by Gasteiger charge is -2.28. The molecule has 12 nitrogen and oxygen atoms in total. The van der Waals surface area contributed by atoms with Gasteiger partial charge in [-0.1, -0.05) is 51.8 Å². The van der Waals surface area contributed by atoms with E-state index in [9.17, 15) is 14.4 Å². The first-order valence-corrected chi connectivity index (χ1v) is 19.4. The lowest BCUT2D eigenvalue weighted by atomic mass is 9.92. The van der Waals surface area contributed by atoms with E-state index in [0.717, 1.165) is 106 Å². The third-order valence-corrected chi connectivity index (χ3v) is 11.0. The number of methoxy groups -OCH3 is 1. The molecule has 1 saturated heterocycles. The Labute approximate surface area is 316 Å². The molecule has 0 aliphatic carbocycles. The van der Waals surface area contributed by atoms with Gasteiger partial charge in [0, 0.05) is 30.0 Å². The van der Waals surface area contributed by atoms with Gasteiger partial charge in [-0.25, -0.2) is 14.8 Å². The number of H-pyrrole nitrogens is 2. The molecule has 4 heterocycles. The summed E-state index contributed by atoms with van der Waals surface area (Å²) in [5, 5.41) is 4.78. The van der Waals surface area contributed by atoms with Gasteiger partial charge < -0.3 is 34.6 Å². The zero-order valence-corrected chi connectivity index (χ0v) is 32.0. The first-order chi connectivity index (χ1) is 26.2. The Kier molecular flexibility index (Phi) is 10.9. The number of rotatable bonds is 13. The van der Waals surface area contributed by atoms with Crippen molar-refractivity contribution >= 4 is 39.7 Å². The van der Waals surface area contributed by atoms with Gasteiger partial charge in [0.15, 0.2) is 0 Å². The summed E-state index contributed by atoms with van der Waals surface area (Å²) in [7, 11) is 1.30. The number of aromatic nitrogens is 4. The number of carbonyl (C=O) groups is 3. The molecule has 0 bridgehead atoms. The van der Waals surface area contributed by atoms with Crippen LogP contribution in [0.2, 0.25) is 0 Å². The number of ether oxygens (including phenoxy) is 2. The number of hydrogen-bond acceptors (Lipinski definition) is 7. The molecule has 5 aromatic rings. The Hall–Kier alpha value is -5.39. The minimum absolute atomic E-state index is 0.116. The highest BCUT2D eigenvalue weighted by atomic mass is 16.5. The van der Waals surface area contributed by atoms with E-state index in [0.29, 0.717) is 32.5 Å². The van der Waals surface area contributed by atoms with Gasteiger partial charge in [-0.3, -0.25) is 9.59 Å². The lowest BCUT2D eigenvalue weighted by Crippen LogP contribution is -2.48. The largest absolute Gasteiger partial charge is 0.488 e. The van der Waals surface area contributed by atoms with Gasteiger partial charge in [0.25, 0.3) is 0 Å². The van der Waals surface area contributed by atoms with Gasteiger partial charge in [-0.05, 0) is 85.4 Å². The second-order valence-corrected chi connectivity index (χ2v) is 14.6. The third kappa shape index (κ3) is 7.25. The number of carbonyl (C=O) groups excluding carboxylic acids is 3. The van der Waals surface area contributed by atoms with Crippen molar-refractivity contribution in [3.63, 3.8) is 0 Å². The Morgan fingerprint density at radius 3 is 2.70 bits per heavy atom. The topological polar surface area (TPSA) is 146 Å². The Balaban J connectivity index is 1.13. The molecule has 12 heteroatoms. The number of aromatic amines is 2. The molecular formula is C42H51N7O5. The Morgan fingerprint density at radius 2 is 1.93 bits per heavy atom. The second kappa shape index (κ2) is 15.9. The van der Waals surface area contributed by atoms with Gasteiger partial charge in [0.1, 0.15) is 30.0 Å². The summed E-state index contributed by atoms with van der Waals surface area (Å²) in [4.78, 5) is 59.1. The van der Waals surface area contributed by atoms with Gasteiger partial charge in [0.05, 0.1) is 42.6 Å². The number of likely N-dealkylation sites (tertiary alicyclic amines) is 1. The number of amides is 3. The normalized spacial score (nSPS) is 16.1. The van der Waals surface area contributed by atoms with Gasteiger partial charge in [-0.15, -0.1) is 0 Å². The van der Waals surface area contributed by atoms with Gasteiger partial charge in [-0.2, -0.15) is 0 Å². The van der Waals surface area contributed by atoms with Crippen LogP contribution < -0.4 is 10.1 Å². The zero-order valence-electron chi connectivity index (χ0n) is 32.0. The van der Waals surface area contributed by atoms with Gasteiger partial charge >= 0.3 is 6.09 Å². The molecule has 3 aromatic carbocycles. The summed E-state index contributed by atoms with van der Waals surface area (Å²) < 4.78 is 11.2. The standard InChI is InChI=1S/C42H51N7O5/c1-6-9-13-38(50)49(25(4)8-3)23-37-43-22-34(44-37)27-14-16-29-28(19-27)24-54-36-21-30-26(20-31(29)36)15-17-32-39(30)47-40(45-32)35-12-10-18-48(35)41(51)33(11-7-2)46-42(52)53-5/h14-17,19-22,25,33,35H,6-13,18,23-24H2,1-5H3,(H,43,44)(H,45,47)(H,46,52)/t25-,33-,35-/m0/s1. The summed E-state index contributed by atoms with van der Waals surface area (Å²) in [5.41, 5.74) is 6.89. The van der Waals surface area contributed by atoms with Crippen LogP contribution in [0.25, 0.3) is 44.2 Å². The number of alkyl carbamates (subject to hydrolysis) is 1. The number of fused-ring (bicyclic) bond motifs is 6. The highest BCUT2D eigenvalue weighted by Gasteiger charge is 2.36. The maximum absolute atomic E-state index is 13.7. The third-order valence-electron chi connectivity index (χ3n) is 11.0. The first kappa shape index (κ1) is 36.9. The molecule has 0 radical (unpaired) electrons. The summed E-state index contributed by atoms with van der Waals surface area (Å²) >= 11 is 0. The Bertz CT molecular complexity index is 2170. The quantitative estimate of drug-likeness (QED) is 0.111. The molecule has 3 atom stereocenters.